The van der Waals surface area contributed by atoms with Crippen molar-refractivity contribution >= 4 is 28.1 Å². The van der Waals surface area contributed by atoms with Crippen LogP contribution < -0.4 is 0 Å². The molecule has 0 aromatic rings. The lowest BCUT2D eigenvalue weighted by Crippen LogP contribution is -2.08. The third kappa shape index (κ3) is 4.36. The molecule has 0 spiro atoms. The smallest absolute Gasteiger partial charge is 0.112 e. The number of hydrogen-bond acceptors (Lipinski definition) is 0. The zero-order valence-corrected chi connectivity index (χ0v) is 9.97. The maximum atomic E-state index is 2.71. The molecular weight excluding hydrogens is 239 g/mol. The second-order valence-corrected chi connectivity index (χ2v) is 10.2. The zero-order chi connectivity index (χ0) is 7.28. The van der Waals surface area contributed by atoms with Crippen LogP contribution >= 0.6 is 21.8 Å². The molecule has 0 radical (unpaired) electrons. The molecule has 0 heterocycles. The van der Waals surface area contributed by atoms with E-state index in [4.69, 9.17) is 0 Å². The third-order valence-corrected chi connectivity index (χ3v) is 10.2. The fourth-order valence-corrected chi connectivity index (χ4v) is 5.84. The van der Waals surface area contributed by atoms with Crippen molar-refractivity contribution in [2.75, 3.05) is 0 Å². The molecule has 0 fully saturated rings. The minimum Gasteiger partial charge on any atom is -0.123 e. The molecule has 9 heavy (non-hydrogen) atoms. The van der Waals surface area contributed by atoms with Crippen LogP contribution in [0.2, 0.25) is 11.6 Å². The van der Waals surface area contributed by atoms with Crippen molar-refractivity contribution in [3.05, 3.63) is 0 Å². The first-order chi connectivity index (χ1) is 4.22. The van der Waals surface area contributed by atoms with Crippen LogP contribution in [0.1, 0.15) is 33.6 Å². The first kappa shape index (κ1) is 9.95. The van der Waals surface area contributed by atoms with Crippen molar-refractivity contribution in [2.45, 2.75) is 45.2 Å². The van der Waals surface area contributed by atoms with Crippen molar-refractivity contribution in [2.24, 2.45) is 0 Å². The molecule has 0 saturated carbocycles. The van der Waals surface area contributed by atoms with E-state index in [1.165, 1.54) is 18.9 Å². The largest absolute Gasteiger partial charge is 0.123 e. The molecule has 0 amide bonds. The molecule has 0 rings (SSSR count). The number of rotatable bonds is 4. The maximum absolute atomic E-state index is 2.71. The van der Waals surface area contributed by atoms with Crippen LogP contribution in [0.5, 0.6) is 0 Å². The molecule has 2 heteroatoms. The van der Waals surface area contributed by atoms with Gasteiger partial charge in [-0.3, -0.25) is 0 Å². The molecule has 0 N–H and O–H groups in total. The summed E-state index contributed by atoms with van der Waals surface area (Å²) in [5, 5.41) is 0. The molecule has 2 atom stereocenters. The number of halogens is 1. The highest BCUT2D eigenvalue weighted by atomic mass is 127. The van der Waals surface area contributed by atoms with Gasteiger partial charge in [-0.2, -0.15) is 0 Å². The molecular formula is C7H17ISi. The molecule has 2 unspecified atom stereocenters. The molecule has 0 nitrogen and oxygen atoms in total. The average molecular weight is 256 g/mol. The highest BCUT2D eigenvalue weighted by molar-refractivity contribution is 14.1. The monoisotopic (exact) mass is 256 g/mol. The Bertz CT molecular complexity index is 65.9. The van der Waals surface area contributed by atoms with Gasteiger partial charge in [-0.05, 0) is 5.54 Å². The van der Waals surface area contributed by atoms with Gasteiger partial charge in [0.1, 0.15) is 6.29 Å². The van der Waals surface area contributed by atoms with E-state index in [-0.39, 0.29) is 6.29 Å². The van der Waals surface area contributed by atoms with Crippen LogP contribution in [0.4, 0.5) is 0 Å². The van der Waals surface area contributed by atoms with E-state index < -0.39 is 0 Å². The van der Waals surface area contributed by atoms with E-state index in [0.717, 1.165) is 5.54 Å². The van der Waals surface area contributed by atoms with Gasteiger partial charge in [-0.25, -0.2) is 0 Å². The summed E-state index contributed by atoms with van der Waals surface area (Å²) in [7, 11) is 0. The van der Waals surface area contributed by atoms with Crippen LogP contribution in [-0.4, -0.2) is 6.29 Å². The van der Waals surface area contributed by atoms with Gasteiger partial charge >= 0.3 is 0 Å². The van der Waals surface area contributed by atoms with E-state index in [2.05, 4.69) is 42.6 Å². The second kappa shape index (κ2) is 5.71. The fourth-order valence-electron chi connectivity index (χ4n) is 0.816. The van der Waals surface area contributed by atoms with E-state index in [0.29, 0.717) is 0 Å². The lowest BCUT2D eigenvalue weighted by molar-refractivity contribution is 0.856. The molecule has 0 aliphatic heterocycles. The molecule has 0 aliphatic rings. The lowest BCUT2D eigenvalue weighted by Gasteiger charge is -2.12. The fraction of sp³-hybridized carbons (Fsp3) is 1.00. The van der Waals surface area contributed by atoms with Crippen LogP contribution in [0.15, 0.2) is 0 Å². The van der Waals surface area contributed by atoms with E-state index in [1.807, 2.05) is 0 Å². The minimum atomic E-state index is -0.326. The van der Waals surface area contributed by atoms with E-state index >= 15 is 0 Å². The average Bonchev–Trinajstić information content (AvgIpc) is 1.87. The van der Waals surface area contributed by atoms with Gasteiger partial charge in [-0.15, -0.1) is 21.8 Å². The Morgan fingerprint density at radius 1 is 1.44 bits per heavy atom. The molecule has 0 saturated heterocycles. The van der Waals surface area contributed by atoms with E-state index in [9.17, 15) is 0 Å². The van der Waals surface area contributed by atoms with E-state index in [1.54, 1.807) is 0 Å². The first-order valence-electron chi connectivity index (χ1n) is 3.86. The van der Waals surface area contributed by atoms with Crippen LogP contribution in [0, 0.1) is 0 Å². The van der Waals surface area contributed by atoms with Crippen molar-refractivity contribution in [3.8, 4) is 0 Å². The molecule has 0 bridgehead atoms. The van der Waals surface area contributed by atoms with Gasteiger partial charge in [0.2, 0.25) is 0 Å². The first-order valence-corrected chi connectivity index (χ1v) is 9.52. The van der Waals surface area contributed by atoms with Gasteiger partial charge in [-0.1, -0.05) is 39.7 Å². The van der Waals surface area contributed by atoms with Gasteiger partial charge in [0.05, 0.1) is 0 Å². The minimum absolute atomic E-state index is 0.326. The summed E-state index contributed by atoms with van der Waals surface area (Å²) in [6.07, 6.45) is 2.46. The summed E-state index contributed by atoms with van der Waals surface area (Å²) >= 11 is 2.71. The van der Waals surface area contributed by atoms with Crippen LogP contribution in [0.3, 0.4) is 0 Å². The molecule has 56 valence electrons. The number of hydrogen-bond donors (Lipinski definition) is 0. The summed E-state index contributed by atoms with van der Waals surface area (Å²) in [6, 6.07) is 1.52. The van der Waals surface area contributed by atoms with Crippen molar-refractivity contribution in [1.82, 2.24) is 0 Å². The van der Waals surface area contributed by atoms with Crippen LogP contribution in [0.25, 0.3) is 0 Å². The Hall–Kier alpha value is 0.947. The molecule has 0 aromatic carbocycles. The maximum Gasteiger partial charge on any atom is 0.112 e. The second-order valence-electron chi connectivity index (χ2n) is 2.69. The topological polar surface area (TPSA) is 0 Å². The highest BCUT2D eigenvalue weighted by Gasteiger charge is 2.11. The predicted octanol–water partition coefficient (Wildman–Crippen LogP) is 3.36. The molecule has 0 aromatic heterocycles. The Morgan fingerprint density at radius 2 is 2.00 bits per heavy atom. The van der Waals surface area contributed by atoms with Crippen molar-refractivity contribution < 1.29 is 0 Å². The summed E-state index contributed by atoms with van der Waals surface area (Å²) < 4.78 is 0. The SMILES string of the molecule is CCC[SiH](I)C(C)CC. The van der Waals surface area contributed by atoms with Gasteiger partial charge < -0.3 is 0 Å². The summed E-state index contributed by atoms with van der Waals surface area (Å²) in [6.45, 7) is 7.00. The normalized spacial score (nSPS) is 17.3. The zero-order valence-electron chi connectivity index (χ0n) is 6.65. The highest BCUT2D eigenvalue weighted by Crippen LogP contribution is 2.22. The van der Waals surface area contributed by atoms with Gasteiger partial charge in [0.15, 0.2) is 0 Å². The van der Waals surface area contributed by atoms with Gasteiger partial charge in [0.25, 0.3) is 0 Å². The predicted molar refractivity (Wildman–Crippen MR) is 56.0 cm³/mol. The Morgan fingerprint density at radius 3 is 2.33 bits per heavy atom. The summed E-state index contributed by atoms with van der Waals surface area (Å²) in [5.74, 6) is 0. The molecule has 0 aliphatic carbocycles. The van der Waals surface area contributed by atoms with Gasteiger partial charge in [0, 0.05) is 0 Å². The summed E-state index contributed by atoms with van der Waals surface area (Å²) in [5.41, 5.74) is 1.05. The van der Waals surface area contributed by atoms with Crippen LogP contribution in [-0.2, 0) is 0 Å². The van der Waals surface area contributed by atoms with Crippen molar-refractivity contribution in [3.63, 3.8) is 0 Å². The lowest BCUT2D eigenvalue weighted by atomic mass is 10.4. The van der Waals surface area contributed by atoms with Crippen molar-refractivity contribution in [1.29, 1.82) is 0 Å². The third-order valence-electron chi connectivity index (χ3n) is 1.83. The quantitative estimate of drug-likeness (QED) is 0.411. The Balaban J connectivity index is 3.32. The Labute approximate surface area is 73.2 Å². The standard InChI is InChI=1S/C7H17ISi/c1-4-6-9(8)7(3)5-2/h7,9H,4-6H2,1-3H3. The summed E-state index contributed by atoms with van der Waals surface area (Å²) in [4.78, 5) is 0. The Kier molecular flexibility index (Phi) is 6.31.